The lowest BCUT2D eigenvalue weighted by molar-refractivity contribution is -0.116. The van der Waals surface area contributed by atoms with Crippen molar-refractivity contribution in [1.29, 1.82) is 0 Å². The number of anilines is 1. The summed E-state index contributed by atoms with van der Waals surface area (Å²) in [6.45, 7) is 11.1. The second kappa shape index (κ2) is 9.51. The first-order chi connectivity index (χ1) is 13.2. The van der Waals surface area contributed by atoms with E-state index in [1.54, 1.807) is 24.3 Å². The van der Waals surface area contributed by atoms with Gasteiger partial charge in [0.25, 0.3) is 0 Å². The SMILES string of the molecule is CCN(CCC(=O)Nc1ccc(C(N)=O)cc1)Cc1ccc(C(C)(C)C)cc1. The average molecular weight is 382 g/mol. The zero-order valence-electron chi connectivity index (χ0n) is 17.3. The van der Waals surface area contributed by atoms with E-state index in [1.165, 1.54) is 11.1 Å². The van der Waals surface area contributed by atoms with Crippen LogP contribution in [0, 0.1) is 0 Å². The summed E-state index contributed by atoms with van der Waals surface area (Å²) in [7, 11) is 0. The number of hydrogen-bond acceptors (Lipinski definition) is 3. The average Bonchev–Trinajstić information content (AvgIpc) is 2.65. The van der Waals surface area contributed by atoms with Crippen LogP contribution in [-0.2, 0) is 16.8 Å². The van der Waals surface area contributed by atoms with Gasteiger partial charge >= 0.3 is 0 Å². The molecular weight excluding hydrogens is 350 g/mol. The lowest BCUT2D eigenvalue weighted by Crippen LogP contribution is -2.27. The lowest BCUT2D eigenvalue weighted by atomic mass is 9.87. The Kier molecular flexibility index (Phi) is 7.35. The molecule has 0 aromatic heterocycles. The first kappa shape index (κ1) is 21.6. The number of primary amides is 1. The Hall–Kier alpha value is -2.66. The molecule has 0 aliphatic rings. The molecule has 0 atom stereocenters. The van der Waals surface area contributed by atoms with Crippen LogP contribution in [0.2, 0.25) is 0 Å². The van der Waals surface area contributed by atoms with Gasteiger partial charge in [-0.2, -0.15) is 0 Å². The molecule has 2 amide bonds. The Morgan fingerprint density at radius 1 is 1.00 bits per heavy atom. The fourth-order valence-corrected chi connectivity index (χ4v) is 2.92. The molecule has 0 radical (unpaired) electrons. The highest BCUT2D eigenvalue weighted by atomic mass is 16.2. The fourth-order valence-electron chi connectivity index (χ4n) is 2.92. The van der Waals surface area contributed by atoms with Crippen LogP contribution in [0.15, 0.2) is 48.5 Å². The van der Waals surface area contributed by atoms with Crippen LogP contribution in [0.25, 0.3) is 0 Å². The highest BCUT2D eigenvalue weighted by Gasteiger charge is 2.13. The van der Waals surface area contributed by atoms with E-state index < -0.39 is 5.91 Å². The van der Waals surface area contributed by atoms with E-state index >= 15 is 0 Å². The Morgan fingerprint density at radius 2 is 1.61 bits per heavy atom. The van der Waals surface area contributed by atoms with E-state index in [2.05, 4.69) is 62.2 Å². The first-order valence-electron chi connectivity index (χ1n) is 9.70. The molecule has 28 heavy (non-hydrogen) atoms. The van der Waals surface area contributed by atoms with E-state index in [0.717, 1.165) is 13.1 Å². The molecule has 5 heteroatoms. The van der Waals surface area contributed by atoms with Crippen molar-refractivity contribution in [3.05, 3.63) is 65.2 Å². The molecule has 0 aliphatic heterocycles. The van der Waals surface area contributed by atoms with Gasteiger partial charge in [-0.05, 0) is 47.4 Å². The zero-order valence-corrected chi connectivity index (χ0v) is 17.3. The number of nitrogens with one attached hydrogen (secondary N) is 1. The molecule has 0 fully saturated rings. The Balaban J connectivity index is 1.85. The van der Waals surface area contributed by atoms with E-state index in [0.29, 0.717) is 24.2 Å². The minimum Gasteiger partial charge on any atom is -0.366 e. The molecule has 0 saturated carbocycles. The summed E-state index contributed by atoms with van der Waals surface area (Å²) < 4.78 is 0. The molecule has 0 spiro atoms. The van der Waals surface area contributed by atoms with Crippen LogP contribution in [0.1, 0.15) is 55.6 Å². The maximum absolute atomic E-state index is 12.2. The smallest absolute Gasteiger partial charge is 0.248 e. The second-order valence-electron chi connectivity index (χ2n) is 8.06. The predicted octanol–water partition coefficient (Wildman–Crippen LogP) is 3.93. The summed E-state index contributed by atoms with van der Waals surface area (Å²) in [5, 5.41) is 2.86. The Morgan fingerprint density at radius 3 is 2.11 bits per heavy atom. The molecule has 0 unspecified atom stereocenters. The van der Waals surface area contributed by atoms with Gasteiger partial charge < -0.3 is 11.1 Å². The third-order valence-corrected chi connectivity index (χ3v) is 4.78. The molecule has 5 nitrogen and oxygen atoms in total. The van der Waals surface area contributed by atoms with Gasteiger partial charge in [-0.25, -0.2) is 0 Å². The minimum atomic E-state index is -0.480. The van der Waals surface area contributed by atoms with Crippen LogP contribution in [0.4, 0.5) is 5.69 Å². The monoisotopic (exact) mass is 381 g/mol. The summed E-state index contributed by atoms with van der Waals surface area (Å²) in [4.78, 5) is 25.6. The second-order valence-corrected chi connectivity index (χ2v) is 8.06. The van der Waals surface area contributed by atoms with Crippen molar-refractivity contribution in [2.45, 2.75) is 46.1 Å². The summed E-state index contributed by atoms with van der Waals surface area (Å²) in [5.41, 5.74) is 9.03. The molecule has 0 bridgehead atoms. The number of hydrogen-bond donors (Lipinski definition) is 2. The van der Waals surface area contributed by atoms with Crippen molar-refractivity contribution < 1.29 is 9.59 Å². The first-order valence-corrected chi connectivity index (χ1v) is 9.70. The van der Waals surface area contributed by atoms with Crippen LogP contribution in [-0.4, -0.2) is 29.8 Å². The summed E-state index contributed by atoms with van der Waals surface area (Å²) in [6.07, 6.45) is 0.408. The van der Waals surface area contributed by atoms with Crippen molar-refractivity contribution in [2.75, 3.05) is 18.4 Å². The van der Waals surface area contributed by atoms with Crippen LogP contribution in [0.5, 0.6) is 0 Å². The molecule has 0 aliphatic carbocycles. The Labute approximate surface area is 167 Å². The number of nitrogens with zero attached hydrogens (tertiary/aromatic N) is 1. The minimum absolute atomic E-state index is 0.0478. The van der Waals surface area contributed by atoms with Gasteiger partial charge in [0.15, 0.2) is 0 Å². The van der Waals surface area contributed by atoms with Crippen molar-refractivity contribution in [3.63, 3.8) is 0 Å². The standard InChI is InChI=1S/C23H31N3O2/c1-5-26(16-17-6-10-19(11-7-17)23(2,3)4)15-14-21(27)25-20-12-8-18(9-13-20)22(24)28/h6-13H,5,14-16H2,1-4H3,(H2,24,28)(H,25,27). The zero-order chi connectivity index (χ0) is 20.7. The van der Waals surface area contributed by atoms with Gasteiger partial charge in [0.1, 0.15) is 0 Å². The van der Waals surface area contributed by atoms with Gasteiger partial charge in [-0.15, -0.1) is 0 Å². The van der Waals surface area contributed by atoms with Crippen LogP contribution in [0.3, 0.4) is 0 Å². The van der Waals surface area contributed by atoms with Crippen LogP contribution >= 0.6 is 0 Å². The normalized spacial score (nSPS) is 11.5. The molecule has 150 valence electrons. The van der Waals surface area contributed by atoms with Gasteiger partial charge in [-0.3, -0.25) is 14.5 Å². The number of benzene rings is 2. The molecule has 0 heterocycles. The number of carbonyl (C=O) groups is 2. The topological polar surface area (TPSA) is 75.4 Å². The highest BCUT2D eigenvalue weighted by molar-refractivity contribution is 5.94. The maximum atomic E-state index is 12.2. The van der Waals surface area contributed by atoms with Crippen molar-refractivity contribution in [1.82, 2.24) is 4.90 Å². The maximum Gasteiger partial charge on any atom is 0.248 e. The molecular formula is C23H31N3O2. The van der Waals surface area contributed by atoms with Crippen LogP contribution < -0.4 is 11.1 Å². The van der Waals surface area contributed by atoms with Gasteiger partial charge in [0, 0.05) is 30.8 Å². The number of rotatable bonds is 8. The van der Waals surface area contributed by atoms with E-state index in [4.69, 9.17) is 5.73 Å². The lowest BCUT2D eigenvalue weighted by Gasteiger charge is -2.22. The van der Waals surface area contributed by atoms with E-state index in [-0.39, 0.29) is 11.3 Å². The highest BCUT2D eigenvalue weighted by Crippen LogP contribution is 2.22. The molecule has 3 N–H and O–H groups in total. The summed E-state index contributed by atoms with van der Waals surface area (Å²) in [5.74, 6) is -0.527. The summed E-state index contributed by atoms with van der Waals surface area (Å²) >= 11 is 0. The van der Waals surface area contributed by atoms with Crippen molar-refractivity contribution >= 4 is 17.5 Å². The molecule has 2 rings (SSSR count). The van der Waals surface area contributed by atoms with Crippen molar-refractivity contribution in [3.8, 4) is 0 Å². The quantitative estimate of drug-likeness (QED) is 0.727. The largest absolute Gasteiger partial charge is 0.366 e. The number of carbonyl (C=O) groups excluding carboxylic acids is 2. The number of amides is 2. The predicted molar refractivity (Wildman–Crippen MR) is 114 cm³/mol. The fraction of sp³-hybridized carbons (Fsp3) is 0.391. The number of nitrogens with two attached hydrogens (primary N) is 1. The van der Waals surface area contributed by atoms with Gasteiger partial charge in [0.05, 0.1) is 0 Å². The van der Waals surface area contributed by atoms with Gasteiger partial charge in [-0.1, -0.05) is 52.0 Å². The van der Waals surface area contributed by atoms with Gasteiger partial charge in [0.2, 0.25) is 11.8 Å². The summed E-state index contributed by atoms with van der Waals surface area (Å²) in [6, 6.07) is 15.3. The molecule has 2 aromatic rings. The van der Waals surface area contributed by atoms with E-state index in [9.17, 15) is 9.59 Å². The van der Waals surface area contributed by atoms with E-state index in [1.807, 2.05) is 0 Å². The molecule has 0 saturated heterocycles. The third kappa shape index (κ3) is 6.50. The third-order valence-electron chi connectivity index (χ3n) is 4.78. The Bertz CT molecular complexity index is 790. The molecule has 2 aromatic carbocycles. The van der Waals surface area contributed by atoms with Crippen molar-refractivity contribution in [2.24, 2.45) is 5.73 Å².